The number of carbonyl (C=O) groups excluding carboxylic acids is 2. The highest BCUT2D eigenvalue weighted by atomic mass is 32.2. The summed E-state index contributed by atoms with van der Waals surface area (Å²) in [5.74, 6) is -0.369. The van der Waals surface area contributed by atoms with Crippen LogP contribution < -0.4 is 5.32 Å². The molecule has 130 valence electrons. The van der Waals surface area contributed by atoms with Gasteiger partial charge in [0.1, 0.15) is 5.41 Å². The minimum atomic E-state index is -3.05. The molecule has 1 aliphatic carbocycles. The first-order valence-corrected chi connectivity index (χ1v) is 10.0. The molecule has 0 aromatic heterocycles. The Bertz CT molecular complexity index is 593. The van der Waals surface area contributed by atoms with E-state index in [1.54, 1.807) is 7.05 Å². The van der Waals surface area contributed by atoms with Crippen LogP contribution in [0.2, 0.25) is 0 Å². The Hall–Kier alpha value is -1.15. The molecule has 2 unspecified atom stereocenters. The molecule has 0 aromatic carbocycles. The zero-order valence-corrected chi connectivity index (χ0v) is 14.2. The third-order valence-electron chi connectivity index (χ3n) is 5.18. The van der Waals surface area contributed by atoms with E-state index >= 15 is 0 Å². The van der Waals surface area contributed by atoms with Crippen LogP contribution >= 0.6 is 0 Å². The van der Waals surface area contributed by atoms with E-state index in [9.17, 15) is 18.0 Å². The van der Waals surface area contributed by atoms with Gasteiger partial charge in [0.2, 0.25) is 11.8 Å². The van der Waals surface area contributed by atoms with Crippen LogP contribution in [0.1, 0.15) is 32.1 Å². The molecule has 23 heavy (non-hydrogen) atoms. The van der Waals surface area contributed by atoms with E-state index in [2.05, 4.69) is 5.32 Å². The summed E-state index contributed by atoms with van der Waals surface area (Å²) in [6.07, 6.45) is 3.51. The Morgan fingerprint density at radius 1 is 1.30 bits per heavy atom. The normalized spacial score (nSPS) is 30.8. The maximum atomic E-state index is 12.7. The Kier molecular flexibility index (Phi) is 4.39. The van der Waals surface area contributed by atoms with Crippen LogP contribution in [-0.4, -0.2) is 69.0 Å². The summed E-state index contributed by atoms with van der Waals surface area (Å²) in [5.41, 5.74) is -0.986. The molecule has 8 heteroatoms. The van der Waals surface area contributed by atoms with Crippen molar-refractivity contribution >= 4 is 21.7 Å². The highest BCUT2D eigenvalue weighted by Crippen LogP contribution is 2.48. The number of hydrogen-bond donors (Lipinski definition) is 1. The lowest BCUT2D eigenvalue weighted by molar-refractivity contribution is -0.144. The maximum Gasteiger partial charge on any atom is 0.238 e. The predicted octanol–water partition coefficient (Wildman–Crippen LogP) is -0.293. The van der Waals surface area contributed by atoms with Crippen molar-refractivity contribution in [1.82, 2.24) is 10.2 Å². The van der Waals surface area contributed by atoms with Crippen LogP contribution in [0, 0.1) is 5.41 Å². The Morgan fingerprint density at radius 3 is 2.57 bits per heavy atom. The van der Waals surface area contributed by atoms with Gasteiger partial charge in [-0.3, -0.25) is 9.59 Å². The highest BCUT2D eigenvalue weighted by molar-refractivity contribution is 7.91. The minimum absolute atomic E-state index is 0.00283. The smallest absolute Gasteiger partial charge is 0.238 e. The topological polar surface area (TPSA) is 92.8 Å². The summed E-state index contributed by atoms with van der Waals surface area (Å²) in [5, 5.41) is 2.84. The quantitative estimate of drug-likeness (QED) is 0.692. The fourth-order valence-corrected chi connectivity index (χ4v) is 5.20. The summed E-state index contributed by atoms with van der Waals surface area (Å²) >= 11 is 0. The first-order chi connectivity index (χ1) is 10.8. The average molecular weight is 344 g/mol. The van der Waals surface area contributed by atoms with Crippen molar-refractivity contribution in [2.24, 2.45) is 5.41 Å². The zero-order chi connectivity index (χ0) is 16.7. The number of ether oxygens (including phenoxy) is 1. The SMILES string of the molecule is CN(C(=O)C1(C(=O)NCC2CCCO2)CC1)C1CCS(=O)(=O)C1. The van der Waals surface area contributed by atoms with E-state index in [1.165, 1.54) is 4.90 Å². The van der Waals surface area contributed by atoms with Gasteiger partial charge in [0, 0.05) is 26.2 Å². The molecule has 1 saturated carbocycles. The van der Waals surface area contributed by atoms with Crippen LogP contribution in [0.25, 0.3) is 0 Å². The van der Waals surface area contributed by atoms with Gasteiger partial charge in [-0.1, -0.05) is 0 Å². The largest absolute Gasteiger partial charge is 0.376 e. The van der Waals surface area contributed by atoms with Crippen LogP contribution in [0.4, 0.5) is 0 Å². The molecule has 0 radical (unpaired) electrons. The zero-order valence-electron chi connectivity index (χ0n) is 13.4. The van der Waals surface area contributed by atoms with E-state index in [0.717, 1.165) is 19.4 Å². The first-order valence-electron chi connectivity index (χ1n) is 8.22. The van der Waals surface area contributed by atoms with E-state index in [4.69, 9.17) is 4.74 Å². The van der Waals surface area contributed by atoms with Gasteiger partial charge in [-0.25, -0.2) is 8.42 Å². The molecule has 3 aliphatic rings. The number of nitrogens with one attached hydrogen (secondary N) is 1. The van der Waals surface area contributed by atoms with Crippen LogP contribution in [0.3, 0.4) is 0 Å². The molecule has 2 aliphatic heterocycles. The van der Waals surface area contributed by atoms with Gasteiger partial charge in [0.15, 0.2) is 9.84 Å². The molecule has 3 rings (SSSR count). The van der Waals surface area contributed by atoms with Crippen molar-refractivity contribution in [2.75, 3.05) is 31.7 Å². The number of sulfone groups is 1. The molecule has 3 fully saturated rings. The van der Waals surface area contributed by atoms with Gasteiger partial charge in [0.05, 0.1) is 17.6 Å². The molecule has 0 spiro atoms. The van der Waals surface area contributed by atoms with Crippen molar-refractivity contribution in [2.45, 2.75) is 44.2 Å². The number of hydrogen-bond acceptors (Lipinski definition) is 5. The highest BCUT2D eigenvalue weighted by Gasteiger charge is 2.58. The third-order valence-corrected chi connectivity index (χ3v) is 6.94. The van der Waals surface area contributed by atoms with E-state index in [-0.39, 0.29) is 35.5 Å². The number of carbonyl (C=O) groups is 2. The number of nitrogens with zero attached hydrogens (tertiary/aromatic N) is 1. The van der Waals surface area contributed by atoms with E-state index < -0.39 is 15.3 Å². The van der Waals surface area contributed by atoms with Crippen LogP contribution in [0.15, 0.2) is 0 Å². The summed E-state index contributed by atoms with van der Waals surface area (Å²) < 4.78 is 28.6. The lowest BCUT2D eigenvalue weighted by atomic mass is 10.0. The van der Waals surface area contributed by atoms with E-state index in [0.29, 0.717) is 25.8 Å². The summed E-state index contributed by atoms with van der Waals surface area (Å²) in [4.78, 5) is 26.6. The Balaban J connectivity index is 1.58. The lowest BCUT2D eigenvalue weighted by Crippen LogP contribution is -2.48. The molecular weight excluding hydrogens is 320 g/mol. The predicted molar refractivity (Wildman–Crippen MR) is 83.5 cm³/mol. The fourth-order valence-electron chi connectivity index (χ4n) is 3.43. The Labute approximate surface area is 136 Å². The van der Waals surface area contributed by atoms with Gasteiger partial charge in [-0.15, -0.1) is 0 Å². The molecule has 2 heterocycles. The second kappa shape index (κ2) is 6.05. The summed E-state index contributed by atoms with van der Waals surface area (Å²) in [7, 11) is -1.44. The van der Waals surface area contributed by atoms with Crippen LogP contribution in [0.5, 0.6) is 0 Å². The molecular formula is C15H24N2O5S. The molecule has 2 amide bonds. The van der Waals surface area contributed by atoms with Crippen molar-refractivity contribution in [3.05, 3.63) is 0 Å². The molecule has 0 bridgehead atoms. The van der Waals surface area contributed by atoms with Crippen molar-refractivity contribution in [3.63, 3.8) is 0 Å². The van der Waals surface area contributed by atoms with Gasteiger partial charge in [0.25, 0.3) is 0 Å². The average Bonchev–Trinajstić information content (AvgIpc) is 3.00. The van der Waals surface area contributed by atoms with Gasteiger partial charge < -0.3 is 15.0 Å². The molecule has 0 aromatic rings. The lowest BCUT2D eigenvalue weighted by Gasteiger charge is -2.27. The molecule has 7 nitrogen and oxygen atoms in total. The van der Waals surface area contributed by atoms with Crippen molar-refractivity contribution in [1.29, 1.82) is 0 Å². The van der Waals surface area contributed by atoms with Gasteiger partial charge >= 0.3 is 0 Å². The third kappa shape index (κ3) is 3.38. The first kappa shape index (κ1) is 16.7. The minimum Gasteiger partial charge on any atom is -0.376 e. The fraction of sp³-hybridized carbons (Fsp3) is 0.867. The van der Waals surface area contributed by atoms with Crippen LogP contribution in [-0.2, 0) is 24.2 Å². The van der Waals surface area contributed by atoms with E-state index in [1.807, 2.05) is 0 Å². The molecule has 2 saturated heterocycles. The Morgan fingerprint density at radius 2 is 2.04 bits per heavy atom. The molecule has 2 atom stereocenters. The number of rotatable bonds is 5. The standard InChI is InChI=1S/C15H24N2O5S/c1-17(11-4-8-23(20,21)10-11)14(19)15(5-6-15)13(18)16-9-12-3-2-7-22-12/h11-12H,2-10H2,1H3,(H,16,18). The monoisotopic (exact) mass is 344 g/mol. The second-order valence-electron chi connectivity index (χ2n) is 6.90. The summed E-state index contributed by atoms with van der Waals surface area (Å²) in [6.45, 7) is 1.17. The second-order valence-corrected chi connectivity index (χ2v) is 9.13. The van der Waals surface area contributed by atoms with Gasteiger partial charge in [-0.05, 0) is 32.1 Å². The van der Waals surface area contributed by atoms with Gasteiger partial charge in [-0.2, -0.15) is 0 Å². The summed E-state index contributed by atoms with van der Waals surface area (Å²) in [6, 6.07) is -0.309. The maximum absolute atomic E-state index is 12.7. The van der Waals surface area contributed by atoms with Crippen molar-refractivity contribution in [3.8, 4) is 0 Å². The van der Waals surface area contributed by atoms with Crippen molar-refractivity contribution < 1.29 is 22.7 Å². The molecule has 1 N–H and O–H groups in total. The number of amides is 2.